The number of rotatable bonds is 4. The first-order valence-corrected chi connectivity index (χ1v) is 9.93. The zero-order valence-corrected chi connectivity index (χ0v) is 15.1. The second-order valence-electron chi connectivity index (χ2n) is 7.09. The van der Waals surface area contributed by atoms with Crippen molar-refractivity contribution in [2.24, 2.45) is 0 Å². The van der Waals surface area contributed by atoms with Crippen LogP contribution in [0, 0.1) is 0 Å². The van der Waals surface area contributed by atoms with Crippen molar-refractivity contribution in [2.75, 3.05) is 6.54 Å². The maximum absolute atomic E-state index is 12.2. The van der Waals surface area contributed by atoms with Crippen LogP contribution < -0.4 is 10.6 Å². The number of hydrogen-bond acceptors (Lipinski definition) is 1. The third kappa shape index (κ3) is 8.37. The second-order valence-corrected chi connectivity index (χ2v) is 7.09. The van der Waals surface area contributed by atoms with Crippen molar-refractivity contribution >= 4 is 6.03 Å². The van der Waals surface area contributed by atoms with E-state index in [0.717, 1.165) is 19.3 Å². The lowest BCUT2D eigenvalue weighted by Gasteiger charge is -2.20. The van der Waals surface area contributed by atoms with Crippen LogP contribution in [0.4, 0.5) is 4.79 Å². The molecule has 0 radical (unpaired) electrons. The van der Waals surface area contributed by atoms with Crippen molar-refractivity contribution in [1.82, 2.24) is 10.6 Å². The molecule has 0 spiro atoms. The van der Waals surface area contributed by atoms with Crippen LogP contribution in [0.2, 0.25) is 0 Å². The molecule has 0 aromatic heterocycles. The molecule has 0 atom stereocenters. The Morgan fingerprint density at radius 3 is 1.96 bits per heavy atom. The van der Waals surface area contributed by atoms with Crippen molar-refractivity contribution in [2.45, 2.75) is 83.1 Å². The predicted octanol–water partition coefficient (Wildman–Crippen LogP) is 5.20. The average molecular weight is 331 g/mol. The molecule has 0 heterocycles. The third-order valence-electron chi connectivity index (χ3n) is 4.98. The van der Waals surface area contributed by atoms with E-state index in [9.17, 15) is 4.79 Å². The molecular weight excluding hydrogens is 296 g/mol. The molecule has 2 amide bonds. The number of benzene rings is 1. The minimum Gasteiger partial charge on any atom is -0.338 e. The molecule has 1 saturated carbocycles. The zero-order valence-electron chi connectivity index (χ0n) is 15.1. The van der Waals surface area contributed by atoms with Crippen LogP contribution in [0.25, 0.3) is 0 Å². The monoisotopic (exact) mass is 330 g/mol. The Morgan fingerprint density at radius 2 is 1.38 bits per heavy atom. The van der Waals surface area contributed by atoms with Gasteiger partial charge in [-0.1, -0.05) is 88.1 Å². The molecule has 1 aromatic rings. The normalized spacial score (nSPS) is 18.2. The topological polar surface area (TPSA) is 41.1 Å². The molecule has 1 aliphatic rings. The molecule has 134 valence electrons. The Morgan fingerprint density at radius 1 is 0.833 bits per heavy atom. The van der Waals surface area contributed by atoms with E-state index in [4.69, 9.17) is 0 Å². The van der Waals surface area contributed by atoms with Crippen LogP contribution in [-0.4, -0.2) is 18.6 Å². The van der Waals surface area contributed by atoms with Gasteiger partial charge >= 0.3 is 6.03 Å². The van der Waals surface area contributed by atoms with Crippen molar-refractivity contribution in [3.63, 3.8) is 0 Å². The quantitative estimate of drug-likeness (QED) is 0.782. The molecule has 1 aromatic carbocycles. The van der Waals surface area contributed by atoms with Gasteiger partial charge in [-0.25, -0.2) is 4.79 Å². The van der Waals surface area contributed by atoms with E-state index in [0.29, 0.717) is 12.6 Å². The summed E-state index contributed by atoms with van der Waals surface area (Å²) in [7, 11) is 0. The SMILES string of the molecule is O=C(NCCc1ccccc1)NC1CCCCCCCCCCC1. The summed E-state index contributed by atoms with van der Waals surface area (Å²) in [4.78, 5) is 12.2. The first kappa shape index (κ1) is 18.8. The van der Waals surface area contributed by atoms with Gasteiger partial charge in [-0.05, 0) is 24.8 Å². The minimum absolute atomic E-state index is 0.00280. The lowest BCUT2D eigenvalue weighted by atomic mass is 9.98. The maximum Gasteiger partial charge on any atom is 0.315 e. The first-order valence-electron chi connectivity index (χ1n) is 9.93. The van der Waals surface area contributed by atoms with Gasteiger partial charge in [0.1, 0.15) is 0 Å². The van der Waals surface area contributed by atoms with Gasteiger partial charge in [0.15, 0.2) is 0 Å². The van der Waals surface area contributed by atoms with E-state index >= 15 is 0 Å². The standard InChI is InChI=1S/C21H34N2O/c24-21(22-18-17-19-13-9-8-10-14-19)23-20-15-11-6-4-2-1-3-5-7-12-16-20/h8-10,13-14,20H,1-7,11-12,15-18H2,(H2,22,23,24). The van der Waals surface area contributed by atoms with Gasteiger partial charge in [-0.3, -0.25) is 0 Å². The lowest BCUT2D eigenvalue weighted by molar-refractivity contribution is 0.234. The highest BCUT2D eigenvalue weighted by atomic mass is 16.2. The molecule has 0 bridgehead atoms. The van der Waals surface area contributed by atoms with Crippen molar-refractivity contribution in [1.29, 1.82) is 0 Å². The van der Waals surface area contributed by atoms with E-state index in [1.165, 1.54) is 63.4 Å². The summed E-state index contributed by atoms with van der Waals surface area (Å²) in [5, 5.41) is 6.22. The predicted molar refractivity (Wildman–Crippen MR) is 101 cm³/mol. The summed E-state index contributed by atoms with van der Waals surface area (Å²) in [6, 6.07) is 10.7. The van der Waals surface area contributed by atoms with Gasteiger partial charge in [-0.2, -0.15) is 0 Å². The maximum atomic E-state index is 12.2. The second kappa shape index (κ2) is 11.9. The molecular formula is C21H34N2O. The third-order valence-corrected chi connectivity index (χ3v) is 4.98. The van der Waals surface area contributed by atoms with E-state index in [-0.39, 0.29) is 6.03 Å². The van der Waals surface area contributed by atoms with E-state index in [1.807, 2.05) is 18.2 Å². The highest BCUT2D eigenvalue weighted by Crippen LogP contribution is 2.16. The Labute approximate surface area is 147 Å². The zero-order chi connectivity index (χ0) is 16.9. The summed E-state index contributed by atoms with van der Waals surface area (Å²) in [6.45, 7) is 0.697. The average Bonchev–Trinajstić information content (AvgIpc) is 2.58. The summed E-state index contributed by atoms with van der Waals surface area (Å²) >= 11 is 0. The molecule has 1 aliphatic carbocycles. The summed E-state index contributed by atoms with van der Waals surface area (Å²) in [5.74, 6) is 0. The van der Waals surface area contributed by atoms with Crippen LogP contribution in [0.15, 0.2) is 30.3 Å². The number of carbonyl (C=O) groups is 1. The molecule has 0 aliphatic heterocycles. The van der Waals surface area contributed by atoms with Crippen molar-refractivity contribution in [3.8, 4) is 0 Å². The van der Waals surface area contributed by atoms with Gasteiger partial charge in [0.25, 0.3) is 0 Å². The van der Waals surface area contributed by atoms with Gasteiger partial charge in [0.05, 0.1) is 0 Å². The molecule has 0 saturated heterocycles. The fourth-order valence-electron chi connectivity index (χ4n) is 3.51. The van der Waals surface area contributed by atoms with Crippen molar-refractivity contribution in [3.05, 3.63) is 35.9 Å². The number of hydrogen-bond donors (Lipinski definition) is 2. The van der Waals surface area contributed by atoms with E-state index in [1.54, 1.807) is 0 Å². The summed E-state index contributed by atoms with van der Waals surface area (Å²) in [5.41, 5.74) is 1.27. The molecule has 24 heavy (non-hydrogen) atoms. The van der Waals surface area contributed by atoms with E-state index < -0.39 is 0 Å². The molecule has 2 N–H and O–H groups in total. The number of nitrogens with one attached hydrogen (secondary N) is 2. The summed E-state index contributed by atoms with van der Waals surface area (Å²) in [6.07, 6.45) is 15.2. The van der Waals surface area contributed by atoms with E-state index in [2.05, 4.69) is 22.8 Å². The van der Waals surface area contributed by atoms with Crippen LogP contribution in [0.5, 0.6) is 0 Å². The van der Waals surface area contributed by atoms with Gasteiger partial charge in [-0.15, -0.1) is 0 Å². The minimum atomic E-state index is 0.00280. The van der Waals surface area contributed by atoms with Gasteiger partial charge in [0, 0.05) is 12.6 Å². The number of amides is 2. The van der Waals surface area contributed by atoms with Crippen molar-refractivity contribution < 1.29 is 4.79 Å². The summed E-state index contributed by atoms with van der Waals surface area (Å²) < 4.78 is 0. The molecule has 0 unspecified atom stereocenters. The van der Waals surface area contributed by atoms with Crippen LogP contribution in [0.3, 0.4) is 0 Å². The molecule has 2 rings (SSSR count). The molecule has 3 nitrogen and oxygen atoms in total. The Bertz CT molecular complexity index is 434. The highest BCUT2D eigenvalue weighted by Gasteiger charge is 2.12. The molecule has 1 fully saturated rings. The Balaban J connectivity index is 1.66. The smallest absolute Gasteiger partial charge is 0.315 e. The molecule has 3 heteroatoms. The Kier molecular flexibility index (Phi) is 9.36. The lowest BCUT2D eigenvalue weighted by Crippen LogP contribution is -2.42. The van der Waals surface area contributed by atoms with Gasteiger partial charge in [0.2, 0.25) is 0 Å². The van der Waals surface area contributed by atoms with Crippen LogP contribution in [0.1, 0.15) is 76.2 Å². The van der Waals surface area contributed by atoms with Gasteiger partial charge < -0.3 is 10.6 Å². The fourth-order valence-corrected chi connectivity index (χ4v) is 3.51. The largest absolute Gasteiger partial charge is 0.338 e. The Hall–Kier alpha value is -1.51. The highest BCUT2D eigenvalue weighted by molar-refractivity contribution is 5.74. The number of carbonyl (C=O) groups excluding carboxylic acids is 1. The number of urea groups is 1. The fraction of sp³-hybridized carbons (Fsp3) is 0.667. The van der Waals surface area contributed by atoms with Crippen LogP contribution >= 0.6 is 0 Å². The first-order chi connectivity index (χ1) is 11.8. The van der Waals surface area contributed by atoms with Crippen LogP contribution in [-0.2, 0) is 6.42 Å².